The monoisotopic (exact) mass is 452 g/mol. The zero-order chi connectivity index (χ0) is 22.8. The van der Waals surface area contributed by atoms with Gasteiger partial charge in [0.2, 0.25) is 17.7 Å². The Morgan fingerprint density at radius 2 is 1.68 bits per heavy atom. The molecule has 0 radical (unpaired) electrons. The number of carbonyl (C=O) groups excluding carboxylic acids is 3. The molecular weight excluding hydrogens is 424 g/mol. The first-order valence-corrected chi connectivity index (χ1v) is 10.6. The van der Waals surface area contributed by atoms with Crippen LogP contribution in [0.25, 0.3) is 0 Å². The van der Waals surface area contributed by atoms with Crippen molar-refractivity contribution in [1.82, 2.24) is 21.3 Å². The number of carbonyl (C=O) groups is 4. The second-order valence-electron chi connectivity index (χ2n) is 7.23. The molecule has 3 amide bonds. The van der Waals surface area contributed by atoms with Gasteiger partial charge in [-0.2, -0.15) is 12.6 Å². The standard InChI is InChI=1S/C20H28N4O6S/c25-10-15(20(29)30)23-19(28)16(11-31)24-18(27)14(9-12-5-2-1-3-6-12)22-17(26)13-7-4-8-21-13/h1-3,5-6,13-16,21,25,31H,4,7-11H2,(H,22,26)(H,23,28)(H,24,27)(H,29,30). The molecule has 1 heterocycles. The SMILES string of the molecule is O=C(O)C(CO)NC(=O)C(CS)NC(=O)C(Cc1ccccc1)NC(=O)C1CCCN1. The molecule has 1 aromatic carbocycles. The zero-order valence-electron chi connectivity index (χ0n) is 16.9. The molecule has 0 aromatic heterocycles. The van der Waals surface area contributed by atoms with Crippen molar-refractivity contribution in [3.8, 4) is 0 Å². The summed E-state index contributed by atoms with van der Waals surface area (Å²) in [6.45, 7) is -0.0689. The Morgan fingerprint density at radius 3 is 2.23 bits per heavy atom. The predicted octanol–water partition coefficient (Wildman–Crippen LogP) is -1.56. The smallest absolute Gasteiger partial charge is 0.328 e. The third-order valence-corrected chi connectivity index (χ3v) is 5.27. The van der Waals surface area contributed by atoms with Crippen molar-refractivity contribution >= 4 is 36.3 Å². The fourth-order valence-corrected chi connectivity index (χ4v) is 3.42. The average Bonchev–Trinajstić information content (AvgIpc) is 3.30. The van der Waals surface area contributed by atoms with Crippen LogP contribution in [0.4, 0.5) is 0 Å². The Hall–Kier alpha value is -2.63. The van der Waals surface area contributed by atoms with E-state index in [0.717, 1.165) is 18.5 Å². The van der Waals surface area contributed by atoms with E-state index in [4.69, 9.17) is 10.2 Å². The Kier molecular flexibility index (Phi) is 9.76. The highest BCUT2D eigenvalue weighted by Gasteiger charge is 2.31. The molecule has 0 spiro atoms. The molecule has 4 atom stereocenters. The van der Waals surface area contributed by atoms with Gasteiger partial charge in [0, 0.05) is 12.2 Å². The van der Waals surface area contributed by atoms with Gasteiger partial charge >= 0.3 is 5.97 Å². The summed E-state index contributed by atoms with van der Waals surface area (Å²) in [4.78, 5) is 48.9. The number of thiol groups is 1. The summed E-state index contributed by atoms with van der Waals surface area (Å²) in [6, 6.07) is 5.13. The van der Waals surface area contributed by atoms with E-state index in [2.05, 4.69) is 33.9 Å². The molecule has 0 bridgehead atoms. The van der Waals surface area contributed by atoms with Gasteiger partial charge in [-0.1, -0.05) is 30.3 Å². The Bertz CT molecular complexity index is 772. The number of carboxylic acids is 1. The average molecular weight is 453 g/mol. The summed E-state index contributed by atoms with van der Waals surface area (Å²) in [5.74, 6) is -3.21. The molecule has 1 aromatic rings. The fraction of sp³-hybridized carbons (Fsp3) is 0.500. The summed E-state index contributed by atoms with van der Waals surface area (Å²) >= 11 is 4.06. The highest BCUT2D eigenvalue weighted by Crippen LogP contribution is 2.08. The van der Waals surface area contributed by atoms with E-state index in [1.54, 1.807) is 0 Å². The van der Waals surface area contributed by atoms with Crippen LogP contribution in [0.3, 0.4) is 0 Å². The van der Waals surface area contributed by atoms with Crippen LogP contribution < -0.4 is 21.3 Å². The van der Waals surface area contributed by atoms with Gasteiger partial charge in [0.1, 0.15) is 18.1 Å². The molecule has 11 heteroatoms. The largest absolute Gasteiger partial charge is 0.480 e. The molecular formula is C20H28N4O6S. The normalized spacial score (nSPS) is 18.5. The molecule has 4 unspecified atom stereocenters. The number of rotatable bonds is 11. The number of aliphatic carboxylic acids is 1. The lowest BCUT2D eigenvalue weighted by Crippen LogP contribution is -2.58. The molecule has 1 saturated heterocycles. The molecule has 31 heavy (non-hydrogen) atoms. The van der Waals surface area contributed by atoms with Crippen molar-refractivity contribution in [1.29, 1.82) is 0 Å². The number of aliphatic hydroxyl groups is 1. The van der Waals surface area contributed by atoms with Gasteiger partial charge in [0.05, 0.1) is 12.6 Å². The van der Waals surface area contributed by atoms with Crippen LogP contribution >= 0.6 is 12.6 Å². The minimum absolute atomic E-state index is 0.106. The summed E-state index contributed by atoms with van der Waals surface area (Å²) in [5, 5.41) is 28.5. The Balaban J connectivity index is 2.09. The van der Waals surface area contributed by atoms with Crippen LogP contribution in [0.2, 0.25) is 0 Å². The molecule has 1 aliphatic heterocycles. The van der Waals surface area contributed by atoms with Gasteiger partial charge in [0.25, 0.3) is 0 Å². The first-order valence-electron chi connectivity index (χ1n) is 9.98. The van der Waals surface area contributed by atoms with E-state index < -0.39 is 42.5 Å². The summed E-state index contributed by atoms with van der Waals surface area (Å²) < 4.78 is 0. The van der Waals surface area contributed by atoms with Gasteiger partial charge in [-0.15, -0.1) is 0 Å². The van der Waals surface area contributed by atoms with Gasteiger partial charge in [0.15, 0.2) is 0 Å². The van der Waals surface area contributed by atoms with Crippen molar-refractivity contribution in [2.24, 2.45) is 0 Å². The minimum atomic E-state index is -1.50. The maximum absolute atomic E-state index is 12.9. The maximum Gasteiger partial charge on any atom is 0.328 e. The van der Waals surface area contributed by atoms with Crippen molar-refractivity contribution in [3.63, 3.8) is 0 Å². The first kappa shape index (κ1) is 24.6. The third-order valence-electron chi connectivity index (χ3n) is 4.91. The quantitative estimate of drug-likeness (QED) is 0.200. The van der Waals surface area contributed by atoms with Gasteiger partial charge < -0.3 is 31.5 Å². The summed E-state index contributed by atoms with van der Waals surface area (Å²) in [7, 11) is 0. The number of amides is 3. The fourth-order valence-electron chi connectivity index (χ4n) is 3.16. The van der Waals surface area contributed by atoms with E-state index in [1.165, 1.54) is 0 Å². The lowest BCUT2D eigenvalue weighted by atomic mass is 10.0. The van der Waals surface area contributed by atoms with Gasteiger partial charge in [-0.25, -0.2) is 4.79 Å². The minimum Gasteiger partial charge on any atom is -0.480 e. The number of hydrogen-bond acceptors (Lipinski definition) is 7. The molecule has 2 rings (SSSR count). The number of benzene rings is 1. The lowest BCUT2D eigenvalue weighted by Gasteiger charge is -2.24. The Labute approximate surface area is 185 Å². The second-order valence-corrected chi connectivity index (χ2v) is 7.59. The second kappa shape index (κ2) is 12.3. The highest BCUT2D eigenvalue weighted by molar-refractivity contribution is 7.80. The Morgan fingerprint density at radius 1 is 1.03 bits per heavy atom. The molecule has 10 nitrogen and oxygen atoms in total. The van der Waals surface area contributed by atoms with E-state index in [1.807, 2.05) is 30.3 Å². The van der Waals surface area contributed by atoms with Crippen molar-refractivity contribution in [3.05, 3.63) is 35.9 Å². The van der Waals surface area contributed by atoms with Crippen LogP contribution in [0.5, 0.6) is 0 Å². The first-order chi connectivity index (χ1) is 14.8. The predicted molar refractivity (Wildman–Crippen MR) is 116 cm³/mol. The van der Waals surface area contributed by atoms with E-state index in [-0.39, 0.29) is 24.1 Å². The highest BCUT2D eigenvalue weighted by atomic mass is 32.1. The molecule has 0 aliphatic carbocycles. The van der Waals surface area contributed by atoms with Gasteiger partial charge in [-0.05, 0) is 24.9 Å². The number of hydrogen-bond donors (Lipinski definition) is 7. The number of nitrogens with one attached hydrogen (secondary N) is 4. The van der Waals surface area contributed by atoms with Crippen LogP contribution in [0, 0.1) is 0 Å². The van der Waals surface area contributed by atoms with Crippen LogP contribution in [-0.4, -0.2) is 77.0 Å². The molecule has 1 aliphatic rings. The maximum atomic E-state index is 12.9. The van der Waals surface area contributed by atoms with E-state index in [0.29, 0.717) is 6.42 Å². The van der Waals surface area contributed by atoms with Crippen LogP contribution in [0.1, 0.15) is 18.4 Å². The van der Waals surface area contributed by atoms with E-state index in [9.17, 15) is 19.2 Å². The summed E-state index contributed by atoms with van der Waals surface area (Å²) in [5.41, 5.74) is 0.820. The number of aliphatic hydroxyl groups excluding tert-OH is 1. The summed E-state index contributed by atoms with van der Waals surface area (Å²) in [6.07, 6.45) is 1.75. The van der Waals surface area contributed by atoms with Crippen molar-refractivity contribution in [2.45, 2.75) is 43.4 Å². The molecule has 6 N–H and O–H groups in total. The van der Waals surface area contributed by atoms with Crippen molar-refractivity contribution in [2.75, 3.05) is 18.9 Å². The van der Waals surface area contributed by atoms with Crippen LogP contribution in [0.15, 0.2) is 30.3 Å². The van der Waals surface area contributed by atoms with Crippen LogP contribution in [-0.2, 0) is 25.6 Å². The van der Waals surface area contributed by atoms with Crippen molar-refractivity contribution < 1.29 is 29.4 Å². The lowest BCUT2D eigenvalue weighted by molar-refractivity contribution is -0.143. The molecule has 1 fully saturated rings. The topological polar surface area (TPSA) is 157 Å². The number of carboxylic acid groups (broad SMARTS) is 1. The van der Waals surface area contributed by atoms with E-state index >= 15 is 0 Å². The molecule has 170 valence electrons. The third kappa shape index (κ3) is 7.53. The zero-order valence-corrected chi connectivity index (χ0v) is 17.8. The molecule has 0 saturated carbocycles. The van der Waals surface area contributed by atoms with Gasteiger partial charge in [-0.3, -0.25) is 14.4 Å².